The number of rotatable bonds is 6. The Morgan fingerprint density at radius 2 is 1.92 bits per heavy atom. The van der Waals surface area contributed by atoms with Crippen LogP contribution in [0.2, 0.25) is 0 Å². The molecule has 0 saturated heterocycles. The van der Waals surface area contributed by atoms with Gasteiger partial charge in [0.25, 0.3) is 0 Å². The average molecular weight is 468 g/mol. The van der Waals surface area contributed by atoms with Crippen LogP contribution in [0.25, 0.3) is 0 Å². The highest BCUT2D eigenvalue weighted by Gasteiger charge is 2.16. The van der Waals surface area contributed by atoms with Gasteiger partial charge in [-0.1, -0.05) is 29.3 Å². The van der Waals surface area contributed by atoms with Gasteiger partial charge in [-0.15, -0.1) is 34.2 Å². The molecule has 0 spiro atoms. The van der Waals surface area contributed by atoms with Crippen LogP contribution in [0.1, 0.15) is 41.7 Å². The van der Waals surface area contributed by atoms with E-state index in [0.29, 0.717) is 6.54 Å². The molecule has 0 bridgehead atoms. The summed E-state index contributed by atoms with van der Waals surface area (Å²) in [6.45, 7) is 9.64. The predicted octanol–water partition coefficient (Wildman–Crippen LogP) is 2.76. The normalized spacial score (nSPS) is 13.3. The number of nitrogens with zero attached hydrogens (tertiary/aromatic N) is 4. The minimum atomic E-state index is 0. The first-order valence-electron chi connectivity index (χ1n) is 9.16. The van der Waals surface area contributed by atoms with Gasteiger partial charge in [-0.3, -0.25) is 0 Å². The fraction of sp³-hybridized carbons (Fsp3) is 0.526. The molecule has 2 heterocycles. The molecule has 0 amide bonds. The third kappa shape index (κ3) is 5.43. The second-order valence-electron chi connectivity index (χ2n) is 6.66. The van der Waals surface area contributed by atoms with Crippen LogP contribution in [0.4, 0.5) is 0 Å². The Morgan fingerprint density at radius 3 is 2.65 bits per heavy atom. The first-order valence-corrected chi connectivity index (χ1v) is 9.16. The number of hydrogen-bond acceptors (Lipinski definition) is 3. The standard InChI is InChI=1S/C19H28N6.HI/c1-4-20-19(21-8-7-16-11-14(2)10-15(3)12-16)22-13-18-24-23-17-6-5-9-25(17)18;/h10-12H,4-9,13H2,1-3H3,(H2,20,21,22);1H. The van der Waals surface area contributed by atoms with Crippen molar-refractivity contribution in [1.29, 1.82) is 0 Å². The quantitative estimate of drug-likeness (QED) is 0.389. The number of nitrogens with one attached hydrogen (secondary N) is 2. The zero-order valence-electron chi connectivity index (χ0n) is 15.9. The maximum atomic E-state index is 4.67. The average Bonchev–Trinajstić information content (AvgIpc) is 3.15. The third-order valence-corrected chi connectivity index (χ3v) is 4.40. The van der Waals surface area contributed by atoms with Crippen molar-refractivity contribution < 1.29 is 0 Å². The summed E-state index contributed by atoms with van der Waals surface area (Å²) in [6.07, 6.45) is 3.17. The van der Waals surface area contributed by atoms with Crippen LogP contribution in [0.3, 0.4) is 0 Å². The second-order valence-corrected chi connectivity index (χ2v) is 6.66. The molecule has 0 unspecified atom stereocenters. The molecule has 1 aromatic heterocycles. The maximum absolute atomic E-state index is 4.67. The molecular formula is C19H29IN6. The number of guanidine groups is 1. The molecule has 1 aromatic carbocycles. The number of halogens is 1. The van der Waals surface area contributed by atoms with Crippen molar-refractivity contribution in [3.63, 3.8) is 0 Å². The molecule has 0 atom stereocenters. The highest BCUT2D eigenvalue weighted by molar-refractivity contribution is 14.0. The Hall–Kier alpha value is -1.64. The Kier molecular flexibility index (Phi) is 7.86. The van der Waals surface area contributed by atoms with Crippen molar-refractivity contribution in [2.45, 2.75) is 53.1 Å². The van der Waals surface area contributed by atoms with Gasteiger partial charge < -0.3 is 15.2 Å². The molecule has 7 heteroatoms. The number of hydrogen-bond donors (Lipinski definition) is 2. The molecule has 1 aliphatic heterocycles. The van der Waals surface area contributed by atoms with Crippen LogP contribution in [0, 0.1) is 13.8 Å². The molecule has 1 aliphatic rings. The molecule has 0 aliphatic carbocycles. The minimum Gasteiger partial charge on any atom is -0.357 e. The fourth-order valence-electron chi connectivity index (χ4n) is 3.36. The molecule has 26 heavy (non-hydrogen) atoms. The highest BCUT2D eigenvalue weighted by atomic mass is 127. The van der Waals surface area contributed by atoms with E-state index in [4.69, 9.17) is 0 Å². The Labute approximate surface area is 172 Å². The number of aliphatic imine (C=N–C) groups is 1. The van der Waals surface area contributed by atoms with Gasteiger partial charge in [0.2, 0.25) is 0 Å². The van der Waals surface area contributed by atoms with Crippen LogP contribution in [0.15, 0.2) is 23.2 Å². The zero-order chi connectivity index (χ0) is 17.6. The van der Waals surface area contributed by atoms with Crippen molar-refractivity contribution in [3.05, 3.63) is 46.5 Å². The van der Waals surface area contributed by atoms with Crippen molar-refractivity contribution in [3.8, 4) is 0 Å². The summed E-state index contributed by atoms with van der Waals surface area (Å²) in [4.78, 5) is 4.67. The summed E-state index contributed by atoms with van der Waals surface area (Å²) in [5, 5.41) is 15.2. The van der Waals surface area contributed by atoms with E-state index in [1.165, 1.54) is 16.7 Å². The van der Waals surface area contributed by atoms with Gasteiger partial charge in [0.1, 0.15) is 12.4 Å². The van der Waals surface area contributed by atoms with Crippen molar-refractivity contribution in [2.75, 3.05) is 13.1 Å². The smallest absolute Gasteiger partial charge is 0.191 e. The maximum Gasteiger partial charge on any atom is 0.191 e. The molecule has 2 N–H and O–H groups in total. The fourth-order valence-corrected chi connectivity index (χ4v) is 3.36. The lowest BCUT2D eigenvalue weighted by atomic mass is 10.1. The number of aryl methyl sites for hydroxylation is 3. The topological polar surface area (TPSA) is 67.1 Å². The summed E-state index contributed by atoms with van der Waals surface area (Å²) in [6, 6.07) is 6.70. The molecule has 0 fully saturated rings. The van der Waals surface area contributed by atoms with E-state index in [1.807, 2.05) is 0 Å². The van der Waals surface area contributed by atoms with Gasteiger partial charge in [0.05, 0.1) is 0 Å². The van der Waals surface area contributed by atoms with Gasteiger partial charge in [-0.2, -0.15) is 0 Å². The largest absolute Gasteiger partial charge is 0.357 e. The Balaban J connectivity index is 0.00000243. The molecular weight excluding hydrogens is 439 g/mol. The van der Waals surface area contributed by atoms with Gasteiger partial charge in [-0.05, 0) is 39.2 Å². The lowest BCUT2D eigenvalue weighted by Gasteiger charge is -2.12. The van der Waals surface area contributed by atoms with Crippen molar-refractivity contribution in [1.82, 2.24) is 25.4 Å². The van der Waals surface area contributed by atoms with E-state index in [9.17, 15) is 0 Å². The van der Waals surface area contributed by atoms with Crippen LogP contribution in [-0.4, -0.2) is 33.8 Å². The van der Waals surface area contributed by atoms with Crippen LogP contribution < -0.4 is 10.6 Å². The van der Waals surface area contributed by atoms with E-state index in [2.05, 4.69) is 69.4 Å². The molecule has 0 saturated carbocycles. The van der Waals surface area contributed by atoms with E-state index in [0.717, 1.165) is 56.5 Å². The van der Waals surface area contributed by atoms with Crippen LogP contribution in [-0.2, 0) is 25.9 Å². The van der Waals surface area contributed by atoms with Gasteiger partial charge in [-0.25, -0.2) is 4.99 Å². The highest BCUT2D eigenvalue weighted by Crippen LogP contribution is 2.14. The van der Waals surface area contributed by atoms with E-state index in [1.54, 1.807) is 0 Å². The van der Waals surface area contributed by atoms with Gasteiger partial charge in [0.15, 0.2) is 11.8 Å². The SMILES string of the molecule is CCNC(=NCc1nnc2n1CCC2)NCCc1cc(C)cc(C)c1.I. The van der Waals surface area contributed by atoms with Crippen LogP contribution in [0.5, 0.6) is 0 Å². The predicted molar refractivity (Wildman–Crippen MR) is 116 cm³/mol. The summed E-state index contributed by atoms with van der Waals surface area (Å²) in [5.41, 5.74) is 3.99. The summed E-state index contributed by atoms with van der Waals surface area (Å²) in [5.74, 6) is 2.89. The molecule has 0 radical (unpaired) electrons. The molecule has 142 valence electrons. The third-order valence-electron chi connectivity index (χ3n) is 4.40. The first kappa shape index (κ1) is 20.7. The van der Waals surface area contributed by atoms with E-state index < -0.39 is 0 Å². The van der Waals surface area contributed by atoms with Crippen molar-refractivity contribution >= 4 is 29.9 Å². The summed E-state index contributed by atoms with van der Waals surface area (Å²) in [7, 11) is 0. The Morgan fingerprint density at radius 1 is 1.15 bits per heavy atom. The van der Waals surface area contributed by atoms with Gasteiger partial charge >= 0.3 is 0 Å². The number of benzene rings is 1. The van der Waals surface area contributed by atoms with E-state index in [-0.39, 0.29) is 24.0 Å². The van der Waals surface area contributed by atoms with Crippen LogP contribution >= 0.6 is 24.0 Å². The number of aromatic nitrogens is 3. The Bertz CT molecular complexity index is 732. The number of fused-ring (bicyclic) bond motifs is 1. The second kappa shape index (κ2) is 9.89. The minimum absolute atomic E-state index is 0. The first-order chi connectivity index (χ1) is 12.2. The molecule has 6 nitrogen and oxygen atoms in total. The summed E-state index contributed by atoms with van der Waals surface area (Å²) < 4.78 is 2.20. The molecule has 3 rings (SSSR count). The zero-order valence-corrected chi connectivity index (χ0v) is 18.2. The summed E-state index contributed by atoms with van der Waals surface area (Å²) >= 11 is 0. The van der Waals surface area contributed by atoms with E-state index >= 15 is 0 Å². The monoisotopic (exact) mass is 468 g/mol. The van der Waals surface area contributed by atoms with Crippen molar-refractivity contribution in [2.24, 2.45) is 4.99 Å². The lowest BCUT2D eigenvalue weighted by molar-refractivity contribution is 0.684. The molecule has 2 aromatic rings. The lowest BCUT2D eigenvalue weighted by Crippen LogP contribution is -2.38. The van der Waals surface area contributed by atoms with Gasteiger partial charge in [0, 0.05) is 26.1 Å².